The molecule has 1 aromatic rings. The molecule has 1 N–H and O–H groups in total. The van der Waals surface area contributed by atoms with Crippen molar-refractivity contribution in [3.8, 4) is 5.88 Å². The quantitative estimate of drug-likeness (QED) is 0.624. The average molecular weight is 347 g/mol. The van der Waals surface area contributed by atoms with Gasteiger partial charge in [0.1, 0.15) is 0 Å². The van der Waals surface area contributed by atoms with Crippen LogP contribution in [0, 0.1) is 0 Å². The van der Waals surface area contributed by atoms with Crippen molar-refractivity contribution in [2.75, 3.05) is 39.3 Å². The number of nitrogens with one attached hydrogen (secondary N) is 1. The number of aliphatic imine (C=N–C) groups is 1. The molecule has 0 spiro atoms. The van der Waals surface area contributed by atoms with Gasteiger partial charge in [0, 0.05) is 51.4 Å². The number of aromatic nitrogens is 1. The molecule has 0 unspecified atom stereocenters. The third kappa shape index (κ3) is 5.62. The Labute approximate surface area is 150 Å². The minimum Gasteiger partial charge on any atom is -0.477 e. The number of nitrogens with zero attached hydrogens (tertiary/aromatic N) is 4. The summed E-state index contributed by atoms with van der Waals surface area (Å²) in [5, 5.41) is 3.34. The number of amides is 1. The van der Waals surface area contributed by atoms with E-state index in [1.54, 1.807) is 13.1 Å². The molecule has 7 nitrogen and oxygen atoms in total. The molecule has 1 aromatic heterocycles. The maximum atomic E-state index is 11.5. The van der Waals surface area contributed by atoms with Crippen LogP contribution in [0.1, 0.15) is 32.8 Å². The zero-order chi connectivity index (χ0) is 18.1. The number of guanidine groups is 1. The molecule has 0 bridgehead atoms. The lowest BCUT2D eigenvalue weighted by atomic mass is 10.2. The normalized spacial score (nSPS) is 15.2. The van der Waals surface area contributed by atoms with Crippen LogP contribution in [0.4, 0.5) is 0 Å². The fourth-order valence-electron chi connectivity index (χ4n) is 2.69. The summed E-state index contributed by atoms with van der Waals surface area (Å²) in [6.45, 7) is 10.8. The molecule has 0 aromatic carbocycles. The first-order chi connectivity index (χ1) is 12.2. The van der Waals surface area contributed by atoms with E-state index in [4.69, 9.17) is 9.73 Å². The molecule has 1 aliphatic heterocycles. The van der Waals surface area contributed by atoms with Crippen molar-refractivity contribution in [2.24, 2.45) is 4.99 Å². The minimum absolute atomic E-state index is 0.134. The predicted octanol–water partition coefficient (Wildman–Crippen LogP) is 1.50. The van der Waals surface area contributed by atoms with Crippen LogP contribution >= 0.6 is 0 Å². The molecule has 0 atom stereocenters. The largest absolute Gasteiger partial charge is 0.477 e. The average Bonchev–Trinajstić information content (AvgIpc) is 2.64. The second-order valence-electron chi connectivity index (χ2n) is 5.98. The van der Waals surface area contributed by atoms with Crippen LogP contribution < -0.4 is 10.1 Å². The van der Waals surface area contributed by atoms with Crippen LogP contribution in [0.3, 0.4) is 0 Å². The van der Waals surface area contributed by atoms with Crippen molar-refractivity contribution < 1.29 is 9.53 Å². The molecule has 2 rings (SSSR count). The number of hydrogen-bond acceptors (Lipinski definition) is 4. The minimum atomic E-state index is 0.134. The lowest BCUT2D eigenvalue weighted by molar-refractivity contribution is -0.130. The van der Waals surface area contributed by atoms with Gasteiger partial charge >= 0.3 is 0 Å². The van der Waals surface area contributed by atoms with E-state index >= 15 is 0 Å². The Kier molecular flexibility index (Phi) is 7.50. The molecule has 1 aliphatic rings. The number of carbonyl (C=O) groups excluding carboxylic acids is 1. The van der Waals surface area contributed by atoms with Gasteiger partial charge in [0.15, 0.2) is 5.96 Å². The fraction of sp³-hybridized carbons (Fsp3) is 0.611. The van der Waals surface area contributed by atoms with Crippen molar-refractivity contribution in [2.45, 2.75) is 33.7 Å². The number of pyridine rings is 1. The molecule has 2 heterocycles. The highest BCUT2D eigenvalue weighted by molar-refractivity contribution is 5.80. The van der Waals surface area contributed by atoms with E-state index in [0.29, 0.717) is 19.0 Å². The van der Waals surface area contributed by atoms with Crippen LogP contribution in [0.2, 0.25) is 0 Å². The summed E-state index contributed by atoms with van der Waals surface area (Å²) in [4.78, 5) is 24.6. The summed E-state index contributed by atoms with van der Waals surface area (Å²) in [6, 6.07) is 3.90. The standard InChI is InChI=1S/C18H29N5O2/c1-4-13-25-17-16(7-6-8-20-17)14-21-18(19-5-2)23-11-9-22(10-12-23)15(3)24/h6-8H,4-5,9-14H2,1-3H3,(H,19,21). The summed E-state index contributed by atoms with van der Waals surface area (Å²) < 4.78 is 5.71. The first-order valence-corrected chi connectivity index (χ1v) is 9.01. The Hall–Kier alpha value is -2.31. The smallest absolute Gasteiger partial charge is 0.219 e. The van der Waals surface area contributed by atoms with Crippen LogP contribution in [0.25, 0.3) is 0 Å². The molecule has 0 aliphatic carbocycles. The van der Waals surface area contributed by atoms with Gasteiger partial charge < -0.3 is 19.9 Å². The van der Waals surface area contributed by atoms with E-state index in [-0.39, 0.29) is 5.91 Å². The third-order valence-electron chi connectivity index (χ3n) is 4.05. The van der Waals surface area contributed by atoms with E-state index in [1.165, 1.54) is 0 Å². The van der Waals surface area contributed by atoms with Crippen LogP contribution in [0.5, 0.6) is 5.88 Å². The maximum Gasteiger partial charge on any atom is 0.219 e. The van der Waals surface area contributed by atoms with Crippen LogP contribution in [-0.4, -0.2) is 66.0 Å². The molecule has 1 amide bonds. The van der Waals surface area contributed by atoms with Gasteiger partial charge in [-0.1, -0.05) is 13.0 Å². The molecule has 1 fully saturated rings. The molecule has 25 heavy (non-hydrogen) atoms. The predicted molar refractivity (Wildman–Crippen MR) is 98.7 cm³/mol. The number of hydrogen-bond donors (Lipinski definition) is 1. The summed E-state index contributed by atoms with van der Waals surface area (Å²) in [5.41, 5.74) is 0.980. The van der Waals surface area contributed by atoms with E-state index in [9.17, 15) is 4.79 Å². The Morgan fingerprint density at radius 1 is 1.28 bits per heavy atom. The van der Waals surface area contributed by atoms with Gasteiger partial charge in [-0.15, -0.1) is 0 Å². The van der Waals surface area contributed by atoms with Gasteiger partial charge in [0.25, 0.3) is 0 Å². The van der Waals surface area contributed by atoms with Crippen molar-refractivity contribution in [1.82, 2.24) is 20.1 Å². The van der Waals surface area contributed by atoms with Crippen LogP contribution in [-0.2, 0) is 11.3 Å². The second-order valence-corrected chi connectivity index (χ2v) is 5.98. The zero-order valence-electron chi connectivity index (χ0n) is 15.5. The van der Waals surface area contributed by atoms with Crippen molar-refractivity contribution >= 4 is 11.9 Å². The van der Waals surface area contributed by atoms with Gasteiger partial charge in [-0.2, -0.15) is 0 Å². The van der Waals surface area contributed by atoms with Crippen molar-refractivity contribution in [1.29, 1.82) is 0 Å². The molecule has 0 radical (unpaired) electrons. The van der Waals surface area contributed by atoms with Crippen molar-refractivity contribution in [3.63, 3.8) is 0 Å². The third-order valence-corrected chi connectivity index (χ3v) is 4.05. The van der Waals surface area contributed by atoms with Gasteiger partial charge in [-0.05, 0) is 19.4 Å². The molecule has 1 saturated heterocycles. The van der Waals surface area contributed by atoms with E-state index < -0.39 is 0 Å². The van der Waals surface area contributed by atoms with Gasteiger partial charge in [0.05, 0.1) is 13.2 Å². The van der Waals surface area contributed by atoms with Crippen molar-refractivity contribution in [3.05, 3.63) is 23.9 Å². The van der Waals surface area contributed by atoms with E-state index in [2.05, 4.69) is 29.0 Å². The van der Waals surface area contributed by atoms with Crippen LogP contribution in [0.15, 0.2) is 23.3 Å². The number of piperazine rings is 1. The van der Waals surface area contributed by atoms with Gasteiger partial charge in [0.2, 0.25) is 11.8 Å². The summed E-state index contributed by atoms with van der Waals surface area (Å²) in [7, 11) is 0. The van der Waals surface area contributed by atoms with Gasteiger partial charge in [-0.25, -0.2) is 9.98 Å². The van der Waals surface area contributed by atoms with E-state index in [1.807, 2.05) is 17.0 Å². The lowest BCUT2D eigenvalue weighted by Gasteiger charge is -2.36. The van der Waals surface area contributed by atoms with Gasteiger partial charge in [-0.3, -0.25) is 4.79 Å². The molecule has 0 saturated carbocycles. The first-order valence-electron chi connectivity index (χ1n) is 9.01. The highest BCUT2D eigenvalue weighted by Gasteiger charge is 2.20. The number of ether oxygens (including phenoxy) is 1. The summed E-state index contributed by atoms with van der Waals surface area (Å²) >= 11 is 0. The highest BCUT2D eigenvalue weighted by atomic mass is 16.5. The zero-order valence-corrected chi connectivity index (χ0v) is 15.5. The first kappa shape index (κ1) is 19.0. The Morgan fingerprint density at radius 3 is 2.64 bits per heavy atom. The SMILES string of the molecule is CCCOc1ncccc1CN=C(NCC)N1CCN(C(C)=O)CC1. The Bertz CT molecular complexity index is 583. The maximum absolute atomic E-state index is 11.5. The number of rotatable bonds is 6. The number of carbonyl (C=O) groups is 1. The second kappa shape index (κ2) is 9.86. The molecule has 7 heteroatoms. The Morgan fingerprint density at radius 2 is 2.00 bits per heavy atom. The summed E-state index contributed by atoms with van der Waals surface area (Å²) in [5.74, 6) is 1.66. The molecule has 138 valence electrons. The Balaban J connectivity index is 2.04. The lowest BCUT2D eigenvalue weighted by Crippen LogP contribution is -2.53. The fourth-order valence-corrected chi connectivity index (χ4v) is 2.69. The molecular weight excluding hydrogens is 318 g/mol. The summed E-state index contributed by atoms with van der Waals surface area (Å²) in [6.07, 6.45) is 2.69. The van der Waals surface area contributed by atoms with E-state index in [0.717, 1.165) is 50.7 Å². The monoisotopic (exact) mass is 347 g/mol. The topological polar surface area (TPSA) is 70.1 Å². The molecular formula is C18H29N5O2. The highest BCUT2D eigenvalue weighted by Crippen LogP contribution is 2.16.